The highest BCUT2D eigenvalue weighted by Gasteiger charge is 2.65. The van der Waals surface area contributed by atoms with Crippen LogP contribution in [0.5, 0.6) is 11.5 Å². The van der Waals surface area contributed by atoms with E-state index in [-0.39, 0.29) is 16.7 Å². The van der Waals surface area contributed by atoms with E-state index in [0.717, 1.165) is 39.9 Å². The van der Waals surface area contributed by atoms with E-state index in [1.807, 2.05) is 50.4 Å². The van der Waals surface area contributed by atoms with Crippen LogP contribution in [-0.2, 0) is 20.2 Å². The first-order valence-corrected chi connectivity index (χ1v) is 15.9. The molecule has 2 atom stereocenters. The summed E-state index contributed by atoms with van der Waals surface area (Å²) in [6.07, 6.45) is 0.727. The number of hydrogen-bond donors (Lipinski definition) is 3. The Labute approximate surface area is 250 Å². The Kier molecular flexibility index (Phi) is 6.60. The number of hydrogen-bond acceptors (Lipinski definition) is 8. The molecule has 3 aromatic carbocycles. The number of fused-ring (bicyclic) bond motifs is 3. The summed E-state index contributed by atoms with van der Waals surface area (Å²) >= 11 is 0. The monoisotopic (exact) mass is 602 g/mol. The maximum absolute atomic E-state index is 13.3. The van der Waals surface area contributed by atoms with Crippen LogP contribution in [0.4, 0.5) is 17.2 Å². The predicted molar refractivity (Wildman–Crippen MR) is 164 cm³/mol. The average molecular weight is 603 g/mol. The van der Waals surface area contributed by atoms with Crippen molar-refractivity contribution in [3.63, 3.8) is 0 Å². The molecule has 2 aliphatic heterocycles. The van der Waals surface area contributed by atoms with Gasteiger partial charge in [-0.15, -0.1) is 0 Å². The first-order valence-electron chi connectivity index (χ1n) is 14.4. The molecule has 224 valence electrons. The lowest BCUT2D eigenvalue weighted by molar-refractivity contribution is -0.118. The third-order valence-corrected chi connectivity index (χ3v) is 10.8. The summed E-state index contributed by atoms with van der Waals surface area (Å²) in [7, 11) is -0.0229. The summed E-state index contributed by atoms with van der Waals surface area (Å²) in [6.45, 7) is 4.54. The normalized spacial score (nSPS) is 22.0. The minimum atomic E-state index is -3.64. The van der Waals surface area contributed by atoms with Crippen molar-refractivity contribution in [1.29, 1.82) is 0 Å². The Morgan fingerprint density at radius 2 is 1.88 bits per heavy atom. The second kappa shape index (κ2) is 10.2. The van der Waals surface area contributed by atoms with Gasteiger partial charge in [0.15, 0.2) is 5.82 Å². The molecule has 3 N–H and O–H groups in total. The van der Waals surface area contributed by atoms with Crippen LogP contribution in [0.3, 0.4) is 0 Å². The topological polar surface area (TPSA) is 129 Å². The zero-order chi connectivity index (χ0) is 29.9. The Morgan fingerprint density at radius 1 is 1.07 bits per heavy atom. The summed E-state index contributed by atoms with van der Waals surface area (Å²) in [5.74, 6) is 1.83. The first kappa shape index (κ1) is 27.7. The molecule has 1 aromatic heterocycles. The molecule has 1 amide bonds. The molecule has 1 saturated heterocycles. The number of aromatic amines is 1. The van der Waals surface area contributed by atoms with Gasteiger partial charge in [-0.05, 0) is 74.0 Å². The quantitative estimate of drug-likeness (QED) is 0.276. The second-order valence-corrected chi connectivity index (χ2v) is 13.3. The third-order valence-electron chi connectivity index (χ3n) is 8.92. The number of carbonyl (C=O) groups excluding carboxylic acids is 1. The molecule has 0 bridgehead atoms. The fraction of sp³-hybridized carbons (Fsp3) is 0.355. The Hall–Kier alpha value is -4.13. The van der Waals surface area contributed by atoms with E-state index in [9.17, 15) is 13.2 Å². The van der Waals surface area contributed by atoms with Gasteiger partial charge < -0.3 is 25.0 Å². The van der Waals surface area contributed by atoms with Crippen LogP contribution in [0.1, 0.15) is 30.4 Å². The molecule has 2 fully saturated rings. The molecule has 3 aliphatic rings. The number of ether oxygens (including phenoxy) is 2. The van der Waals surface area contributed by atoms with Crippen LogP contribution in [0.15, 0.2) is 59.5 Å². The van der Waals surface area contributed by atoms with Gasteiger partial charge in [0.25, 0.3) is 0 Å². The van der Waals surface area contributed by atoms with Crippen molar-refractivity contribution < 1.29 is 22.7 Å². The molecule has 1 saturated carbocycles. The number of methoxy groups -OCH3 is 1. The average Bonchev–Trinajstić information content (AvgIpc) is 3.56. The number of nitrogens with zero attached hydrogens (tertiary/aromatic N) is 3. The maximum atomic E-state index is 13.3. The molecule has 43 heavy (non-hydrogen) atoms. The maximum Gasteiger partial charge on any atom is 0.243 e. The number of piperazine rings is 1. The van der Waals surface area contributed by atoms with Gasteiger partial charge in [0.1, 0.15) is 11.5 Å². The molecular formula is C31H34N6O5S. The highest BCUT2D eigenvalue weighted by molar-refractivity contribution is 7.89. The van der Waals surface area contributed by atoms with Crippen LogP contribution in [0.2, 0.25) is 0 Å². The molecular weight excluding hydrogens is 568 g/mol. The summed E-state index contributed by atoms with van der Waals surface area (Å²) in [5, 5.41) is 14.9. The van der Waals surface area contributed by atoms with Crippen molar-refractivity contribution in [2.45, 2.75) is 29.6 Å². The Morgan fingerprint density at radius 3 is 2.65 bits per heavy atom. The number of carbonyl (C=O) groups is 1. The third kappa shape index (κ3) is 4.52. The number of benzene rings is 3. The first-order chi connectivity index (χ1) is 20.7. The van der Waals surface area contributed by atoms with E-state index in [0.29, 0.717) is 50.0 Å². The largest absolute Gasteiger partial charge is 0.497 e. The minimum Gasteiger partial charge on any atom is -0.497 e. The SMILES string of the molecule is CCOc1cc(S(=O)(=O)N2CCN(C)CC2)ccc1Nc1n[nH]c2cc([C@@H]3C[C@@]34C(=O)Nc3ccc(OC)cc34)ccc12. The summed E-state index contributed by atoms with van der Waals surface area (Å²) in [5.41, 5.74) is 3.74. The Balaban J connectivity index is 1.14. The number of likely N-dealkylation sites (N-methyl/N-ethyl adjacent to an activating group) is 1. The standard InChI is InChI=1S/C31H34N6O5S/c1-4-42-28-17-21(43(39,40)37-13-11-36(2)12-14-37)7-10-26(28)32-29-22-8-5-19(15-27(22)34-35-29)24-18-31(24)23-16-20(41-3)6-9-25(23)33-30(31)38/h5-10,15-17,24H,4,11-14,18H2,1-3H3,(H,33,38)(H2,32,34,35)/t24-,31-/m0/s1. The van der Waals surface area contributed by atoms with Gasteiger partial charge in [0.05, 0.1) is 35.2 Å². The molecule has 11 nitrogen and oxygen atoms in total. The van der Waals surface area contributed by atoms with Gasteiger partial charge >= 0.3 is 0 Å². The number of nitrogens with one attached hydrogen (secondary N) is 3. The number of anilines is 3. The summed E-state index contributed by atoms with van der Waals surface area (Å²) in [6, 6.07) is 16.7. The highest BCUT2D eigenvalue weighted by atomic mass is 32.2. The van der Waals surface area contributed by atoms with Crippen molar-refractivity contribution in [2.75, 3.05) is 57.6 Å². The summed E-state index contributed by atoms with van der Waals surface area (Å²) in [4.78, 5) is 15.4. The molecule has 12 heteroatoms. The fourth-order valence-electron chi connectivity index (χ4n) is 6.39. The molecule has 0 unspecified atom stereocenters. The molecule has 1 spiro atoms. The van der Waals surface area contributed by atoms with Crippen LogP contribution in [0, 0.1) is 0 Å². The van der Waals surface area contributed by atoms with Crippen molar-refractivity contribution in [3.8, 4) is 11.5 Å². The number of H-pyrrole nitrogens is 1. The van der Waals surface area contributed by atoms with Crippen LogP contribution in [0.25, 0.3) is 10.9 Å². The van der Waals surface area contributed by atoms with Gasteiger partial charge in [0.2, 0.25) is 15.9 Å². The predicted octanol–water partition coefficient (Wildman–Crippen LogP) is 4.03. The van der Waals surface area contributed by atoms with Gasteiger partial charge in [-0.25, -0.2) is 8.42 Å². The van der Waals surface area contributed by atoms with Crippen LogP contribution < -0.4 is 20.1 Å². The highest BCUT2D eigenvalue weighted by Crippen LogP contribution is 2.65. The lowest BCUT2D eigenvalue weighted by atomic mass is 9.91. The van der Waals surface area contributed by atoms with Gasteiger partial charge in [-0.3, -0.25) is 9.89 Å². The molecule has 7 rings (SSSR count). The van der Waals surface area contributed by atoms with E-state index in [2.05, 4.69) is 25.7 Å². The van der Waals surface area contributed by atoms with E-state index < -0.39 is 15.4 Å². The lowest BCUT2D eigenvalue weighted by Crippen LogP contribution is -2.47. The van der Waals surface area contributed by atoms with Crippen LogP contribution in [-0.4, -0.2) is 80.7 Å². The van der Waals surface area contributed by atoms with Crippen LogP contribution >= 0.6 is 0 Å². The smallest absolute Gasteiger partial charge is 0.243 e. The van der Waals surface area contributed by atoms with E-state index in [1.165, 1.54) is 4.31 Å². The fourth-order valence-corrected chi connectivity index (χ4v) is 7.83. The van der Waals surface area contributed by atoms with Gasteiger partial charge in [-0.2, -0.15) is 9.40 Å². The molecule has 3 heterocycles. The number of rotatable bonds is 8. The molecule has 4 aromatic rings. The lowest BCUT2D eigenvalue weighted by Gasteiger charge is -2.31. The second-order valence-electron chi connectivity index (χ2n) is 11.4. The number of aromatic nitrogens is 2. The molecule has 0 radical (unpaired) electrons. The van der Waals surface area contributed by atoms with Crippen molar-refractivity contribution in [1.82, 2.24) is 19.4 Å². The van der Waals surface area contributed by atoms with E-state index >= 15 is 0 Å². The minimum absolute atomic E-state index is 0.0225. The van der Waals surface area contributed by atoms with Gasteiger partial charge in [0, 0.05) is 49.2 Å². The van der Waals surface area contributed by atoms with Gasteiger partial charge in [-0.1, -0.05) is 6.07 Å². The zero-order valence-corrected chi connectivity index (χ0v) is 25.1. The van der Waals surface area contributed by atoms with Crippen molar-refractivity contribution in [3.05, 3.63) is 65.7 Å². The Bertz CT molecular complexity index is 1850. The number of sulfonamides is 1. The van der Waals surface area contributed by atoms with E-state index in [4.69, 9.17) is 9.47 Å². The summed E-state index contributed by atoms with van der Waals surface area (Å²) < 4.78 is 39.5. The zero-order valence-electron chi connectivity index (χ0n) is 24.3. The van der Waals surface area contributed by atoms with Crippen molar-refractivity contribution >= 4 is 44.0 Å². The van der Waals surface area contributed by atoms with Crippen molar-refractivity contribution in [2.24, 2.45) is 0 Å². The molecule has 1 aliphatic carbocycles. The number of amides is 1. The van der Waals surface area contributed by atoms with E-state index in [1.54, 1.807) is 25.3 Å².